The highest BCUT2D eigenvalue weighted by atomic mass is 79.9. The van der Waals surface area contributed by atoms with Crippen molar-refractivity contribution in [1.29, 1.82) is 0 Å². The van der Waals surface area contributed by atoms with E-state index in [1.807, 2.05) is 30.3 Å². The van der Waals surface area contributed by atoms with Crippen LogP contribution in [0, 0.1) is 0 Å². The first-order valence-corrected chi connectivity index (χ1v) is 6.97. The number of anilines is 1. The van der Waals surface area contributed by atoms with Crippen LogP contribution in [0.3, 0.4) is 0 Å². The van der Waals surface area contributed by atoms with Gasteiger partial charge in [-0.15, -0.1) is 0 Å². The van der Waals surface area contributed by atoms with Crippen molar-refractivity contribution in [1.82, 2.24) is 9.88 Å². The topological polar surface area (TPSA) is 36.4 Å². The van der Waals surface area contributed by atoms with Crippen LogP contribution in [0.15, 0.2) is 22.8 Å². The van der Waals surface area contributed by atoms with Gasteiger partial charge in [-0.25, -0.2) is 4.98 Å². The monoisotopic (exact) mass is 311 g/mol. The lowest BCUT2D eigenvalue weighted by Gasteiger charge is -2.37. The van der Waals surface area contributed by atoms with Crippen LogP contribution in [0.1, 0.15) is 19.8 Å². The number of carbonyl (C=O) groups is 1. The van der Waals surface area contributed by atoms with Gasteiger partial charge in [0.05, 0.1) is 4.47 Å². The van der Waals surface area contributed by atoms with Crippen LogP contribution < -0.4 is 4.90 Å². The van der Waals surface area contributed by atoms with Crippen LogP contribution in [-0.4, -0.2) is 42.0 Å². The third-order valence-corrected chi connectivity index (χ3v) is 4.17. The molecule has 0 N–H and O–H groups in total. The van der Waals surface area contributed by atoms with E-state index in [1.54, 1.807) is 6.92 Å². The lowest BCUT2D eigenvalue weighted by atomic mass is 10.0. The predicted octanol–water partition coefficient (Wildman–Crippen LogP) is 2.29. The minimum absolute atomic E-state index is 0.146. The van der Waals surface area contributed by atoms with E-state index in [4.69, 9.17) is 0 Å². The van der Waals surface area contributed by atoms with Crippen molar-refractivity contribution in [3.05, 3.63) is 22.8 Å². The van der Waals surface area contributed by atoms with Crippen molar-refractivity contribution in [2.45, 2.75) is 25.8 Å². The first-order chi connectivity index (χ1) is 8.59. The molecule has 1 aliphatic rings. The maximum Gasteiger partial charge on any atom is 0.219 e. The fraction of sp³-hybridized carbons (Fsp3) is 0.538. The summed E-state index contributed by atoms with van der Waals surface area (Å²) in [5.41, 5.74) is 0. The molecule has 0 bridgehead atoms. The Labute approximate surface area is 116 Å². The maximum absolute atomic E-state index is 11.3. The van der Waals surface area contributed by atoms with Crippen molar-refractivity contribution >= 4 is 27.7 Å². The molecule has 1 aliphatic heterocycles. The molecule has 2 rings (SSSR count). The lowest BCUT2D eigenvalue weighted by molar-refractivity contribution is -0.129. The van der Waals surface area contributed by atoms with Gasteiger partial charge in [0.15, 0.2) is 0 Å². The summed E-state index contributed by atoms with van der Waals surface area (Å²) < 4.78 is 1.03. The fourth-order valence-corrected chi connectivity index (χ4v) is 2.84. The molecule has 2 heterocycles. The van der Waals surface area contributed by atoms with E-state index in [0.717, 1.165) is 36.2 Å². The number of nitrogens with zero attached hydrogens (tertiary/aromatic N) is 3. The second-order valence-corrected chi connectivity index (χ2v) is 5.51. The van der Waals surface area contributed by atoms with Crippen molar-refractivity contribution in [2.75, 3.05) is 25.0 Å². The van der Waals surface area contributed by atoms with E-state index in [2.05, 4.69) is 25.8 Å². The third-order valence-electron chi connectivity index (χ3n) is 3.55. The summed E-state index contributed by atoms with van der Waals surface area (Å²) >= 11 is 3.53. The van der Waals surface area contributed by atoms with Gasteiger partial charge in [-0.05, 0) is 40.9 Å². The van der Waals surface area contributed by atoms with E-state index in [-0.39, 0.29) is 5.91 Å². The lowest BCUT2D eigenvalue weighted by Crippen LogP contribution is -2.45. The minimum Gasteiger partial charge on any atom is -0.356 e. The summed E-state index contributed by atoms with van der Waals surface area (Å²) in [6, 6.07) is 4.29. The van der Waals surface area contributed by atoms with Crippen molar-refractivity contribution in [3.63, 3.8) is 0 Å². The molecule has 1 aromatic heterocycles. The second-order valence-electron chi connectivity index (χ2n) is 4.66. The van der Waals surface area contributed by atoms with Gasteiger partial charge >= 0.3 is 0 Å². The molecule has 0 unspecified atom stereocenters. The van der Waals surface area contributed by atoms with E-state index in [1.165, 1.54) is 0 Å². The summed E-state index contributed by atoms with van der Waals surface area (Å²) in [4.78, 5) is 19.9. The van der Waals surface area contributed by atoms with Crippen LogP contribution in [0.2, 0.25) is 0 Å². The quantitative estimate of drug-likeness (QED) is 0.841. The van der Waals surface area contributed by atoms with Crippen LogP contribution in [0.25, 0.3) is 0 Å². The SMILES string of the molecule is CC(=O)N(C)C1CCN(c2ncccc2Br)CC1. The Balaban J connectivity index is 1.99. The smallest absolute Gasteiger partial charge is 0.219 e. The second kappa shape index (κ2) is 5.69. The number of aromatic nitrogens is 1. The van der Waals surface area contributed by atoms with Gasteiger partial charge in [-0.1, -0.05) is 0 Å². The first-order valence-electron chi connectivity index (χ1n) is 6.18. The van der Waals surface area contributed by atoms with Crippen LogP contribution in [0.4, 0.5) is 5.82 Å². The number of piperidine rings is 1. The normalized spacial score (nSPS) is 16.7. The molecule has 18 heavy (non-hydrogen) atoms. The number of pyridine rings is 1. The van der Waals surface area contributed by atoms with Crippen molar-refractivity contribution in [3.8, 4) is 0 Å². The highest BCUT2D eigenvalue weighted by molar-refractivity contribution is 9.10. The van der Waals surface area contributed by atoms with E-state index in [0.29, 0.717) is 6.04 Å². The van der Waals surface area contributed by atoms with Crippen LogP contribution in [-0.2, 0) is 4.79 Å². The minimum atomic E-state index is 0.146. The van der Waals surface area contributed by atoms with E-state index >= 15 is 0 Å². The Morgan fingerprint density at radius 2 is 2.17 bits per heavy atom. The van der Waals surface area contributed by atoms with Crippen molar-refractivity contribution in [2.24, 2.45) is 0 Å². The summed E-state index contributed by atoms with van der Waals surface area (Å²) in [7, 11) is 1.89. The largest absolute Gasteiger partial charge is 0.356 e. The highest BCUT2D eigenvalue weighted by Gasteiger charge is 2.25. The summed E-state index contributed by atoms with van der Waals surface area (Å²) in [6.45, 7) is 3.51. The molecule has 1 fully saturated rings. The number of rotatable bonds is 2. The molecule has 98 valence electrons. The van der Waals surface area contributed by atoms with E-state index < -0.39 is 0 Å². The number of hydrogen-bond donors (Lipinski definition) is 0. The average Bonchev–Trinajstić information content (AvgIpc) is 2.38. The zero-order valence-electron chi connectivity index (χ0n) is 10.8. The third kappa shape index (κ3) is 2.83. The van der Waals surface area contributed by atoms with Gasteiger partial charge in [0, 0.05) is 39.3 Å². The Morgan fingerprint density at radius 3 is 2.72 bits per heavy atom. The molecule has 1 saturated heterocycles. The van der Waals surface area contributed by atoms with E-state index in [9.17, 15) is 4.79 Å². The summed E-state index contributed by atoms with van der Waals surface area (Å²) in [6.07, 6.45) is 3.81. The standard InChI is InChI=1S/C13H18BrN3O/c1-10(18)16(2)11-5-8-17(9-6-11)13-12(14)4-3-7-15-13/h3-4,7,11H,5-6,8-9H2,1-2H3. The molecule has 0 aromatic carbocycles. The summed E-state index contributed by atoms with van der Waals surface area (Å²) in [5, 5.41) is 0. The Kier molecular flexibility index (Phi) is 4.22. The maximum atomic E-state index is 11.3. The molecule has 4 nitrogen and oxygen atoms in total. The number of amides is 1. The first kappa shape index (κ1) is 13.3. The van der Waals surface area contributed by atoms with Gasteiger partial charge in [0.25, 0.3) is 0 Å². The van der Waals surface area contributed by atoms with Gasteiger partial charge < -0.3 is 9.80 Å². The molecular formula is C13H18BrN3O. The fourth-order valence-electron chi connectivity index (χ4n) is 2.33. The van der Waals surface area contributed by atoms with Crippen LogP contribution >= 0.6 is 15.9 Å². The molecule has 0 atom stereocenters. The highest BCUT2D eigenvalue weighted by Crippen LogP contribution is 2.26. The number of hydrogen-bond acceptors (Lipinski definition) is 3. The van der Waals surface area contributed by atoms with Gasteiger partial charge in [-0.3, -0.25) is 4.79 Å². The van der Waals surface area contributed by atoms with Gasteiger partial charge in [0.2, 0.25) is 5.91 Å². The van der Waals surface area contributed by atoms with Crippen LogP contribution in [0.5, 0.6) is 0 Å². The Bertz CT molecular complexity index is 430. The summed E-state index contributed by atoms with van der Waals surface area (Å²) in [5.74, 6) is 1.15. The molecule has 1 aromatic rings. The molecule has 0 saturated carbocycles. The van der Waals surface area contributed by atoms with Crippen molar-refractivity contribution < 1.29 is 4.79 Å². The predicted molar refractivity (Wildman–Crippen MR) is 75.6 cm³/mol. The molecule has 1 amide bonds. The Morgan fingerprint density at radius 1 is 1.50 bits per heavy atom. The van der Waals surface area contributed by atoms with Gasteiger partial charge in [-0.2, -0.15) is 0 Å². The van der Waals surface area contributed by atoms with Gasteiger partial charge in [0.1, 0.15) is 5.82 Å². The Hall–Kier alpha value is -1.10. The molecule has 0 radical (unpaired) electrons. The molecule has 5 heteroatoms. The zero-order chi connectivity index (χ0) is 13.1. The molecular weight excluding hydrogens is 294 g/mol. The number of halogens is 1. The zero-order valence-corrected chi connectivity index (χ0v) is 12.4. The average molecular weight is 312 g/mol. The number of carbonyl (C=O) groups excluding carboxylic acids is 1. The molecule has 0 aliphatic carbocycles. The molecule has 0 spiro atoms.